The number of carbonyl (C=O) groups is 2. The fourth-order valence-electron chi connectivity index (χ4n) is 2.25. The largest absolute Gasteiger partial charge is 0.468 e. The van der Waals surface area contributed by atoms with Gasteiger partial charge >= 0.3 is 6.18 Å². The predicted molar refractivity (Wildman–Crippen MR) is 97.4 cm³/mol. The molecule has 2 N–H and O–H groups in total. The number of carbonyl (C=O) groups excluding carboxylic acids is 2. The van der Waals surface area contributed by atoms with Crippen molar-refractivity contribution in [1.29, 1.82) is 0 Å². The fraction of sp³-hybridized carbons (Fsp3) is 0.389. The molecule has 2 amide bonds. The first-order valence-corrected chi connectivity index (χ1v) is 8.66. The number of aromatic nitrogens is 3. The van der Waals surface area contributed by atoms with Crippen LogP contribution in [0.15, 0.2) is 18.3 Å². The first-order chi connectivity index (χ1) is 13.6. The number of aryl methyl sites for hydroxylation is 2. The van der Waals surface area contributed by atoms with Gasteiger partial charge in [-0.05, 0) is 31.5 Å². The Morgan fingerprint density at radius 1 is 1.17 bits per heavy atom. The van der Waals surface area contributed by atoms with E-state index in [0.29, 0.717) is 16.8 Å². The average molecular weight is 411 g/mol. The highest BCUT2D eigenvalue weighted by Gasteiger charge is 2.29. The Kier molecular flexibility index (Phi) is 7.08. The topological polar surface area (TPSA) is 106 Å². The average Bonchev–Trinajstić information content (AvgIpc) is 2.64. The number of nitrogens with one attached hydrogen (secondary N) is 2. The second-order valence-electron chi connectivity index (χ2n) is 6.17. The molecule has 0 aliphatic heterocycles. The maximum atomic E-state index is 12.4. The van der Waals surface area contributed by atoms with Gasteiger partial charge in [0.2, 0.25) is 17.7 Å². The van der Waals surface area contributed by atoms with Crippen molar-refractivity contribution in [3.63, 3.8) is 0 Å². The Labute approximate surface area is 164 Å². The zero-order valence-corrected chi connectivity index (χ0v) is 16.1. The number of hydrogen-bond acceptors (Lipinski definition) is 6. The van der Waals surface area contributed by atoms with Gasteiger partial charge in [0.25, 0.3) is 5.91 Å². The number of pyridine rings is 1. The van der Waals surface area contributed by atoms with E-state index in [1.165, 1.54) is 12.3 Å². The molecule has 2 rings (SSSR count). The zero-order chi connectivity index (χ0) is 21.6. The summed E-state index contributed by atoms with van der Waals surface area (Å²) in [6, 6.07) is 3.03. The number of nitrogens with zero attached hydrogens (tertiary/aromatic N) is 3. The third kappa shape index (κ3) is 7.01. The van der Waals surface area contributed by atoms with Crippen LogP contribution in [-0.4, -0.2) is 39.5 Å². The first kappa shape index (κ1) is 22.1. The fourth-order valence-corrected chi connectivity index (χ4v) is 2.25. The Balaban J connectivity index is 2.02. The van der Waals surface area contributed by atoms with Gasteiger partial charge in [0, 0.05) is 30.4 Å². The quantitative estimate of drug-likeness (QED) is 0.726. The van der Waals surface area contributed by atoms with Crippen molar-refractivity contribution < 1.29 is 27.5 Å². The van der Waals surface area contributed by atoms with E-state index in [4.69, 9.17) is 0 Å². The summed E-state index contributed by atoms with van der Waals surface area (Å²) in [5, 5.41) is 5.13. The van der Waals surface area contributed by atoms with E-state index in [9.17, 15) is 22.8 Å². The number of ether oxygens (including phenoxy) is 1. The van der Waals surface area contributed by atoms with Crippen molar-refractivity contribution in [3.8, 4) is 5.88 Å². The van der Waals surface area contributed by atoms with Gasteiger partial charge in [-0.15, -0.1) is 0 Å². The Bertz CT molecular complexity index is 903. The monoisotopic (exact) mass is 411 g/mol. The van der Waals surface area contributed by atoms with Crippen molar-refractivity contribution in [2.75, 3.05) is 11.9 Å². The van der Waals surface area contributed by atoms with E-state index < -0.39 is 18.7 Å². The Hall–Kier alpha value is -3.24. The third-order valence-corrected chi connectivity index (χ3v) is 3.57. The molecule has 0 unspecified atom stereocenters. The lowest BCUT2D eigenvalue weighted by Crippen LogP contribution is -2.25. The molecule has 0 aliphatic carbocycles. The summed E-state index contributed by atoms with van der Waals surface area (Å²) in [5.41, 5.74) is 1.54. The lowest BCUT2D eigenvalue weighted by atomic mass is 10.2. The molecule has 2 aromatic heterocycles. The van der Waals surface area contributed by atoms with Crippen molar-refractivity contribution in [3.05, 3.63) is 40.8 Å². The molecule has 2 heterocycles. The molecule has 0 atom stereocenters. The lowest BCUT2D eigenvalue weighted by molar-refractivity contribution is -0.154. The minimum absolute atomic E-state index is 0.0330. The first-order valence-electron chi connectivity index (χ1n) is 8.66. The molecule has 8 nitrogen and oxygen atoms in total. The van der Waals surface area contributed by atoms with Gasteiger partial charge in [-0.3, -0.25) is 14.9 Å². The molecule has 2 aromatic rings. The standard InChI is InChI=1S/C18H20F3N5O3/c1-4-14(27)26-17-24-11(3)6-13(25-17)15(28)22-7-12-5-10(2)16(23-8-12)29-9-18(19,20)21/h5-6,8H,4,7,9H2,1-3H3,(H,22,28)(H,24,25,26,27). The molecule has 0 saturated heterocycles. The summed E-state index contributed by atoms with van der Waals surface area (Å²) >= 11 is 0. The van der Waals surface area contributed by atoms with Crippen LogP contribution < -0.4 is 15.4 Å². The number of halogens is 3. The molecule has 0 radical (unpaired) electrons. The van der Waals surface area contributed by atoms with Gasteiger partial charge in [0.1, 0.15) is 5.69 Å². The molecular weight excluding hydrogens is 391 g/mol. The van der Waals surface area contributed by atoms with Crippen LogP contribution in [0.2, 0.25) is 0 Å². The molecule has 0 bridgehead atoms. The van der Waals surface area contributed by atoms with Crippen LogP contribution in [0, 0.1) is 13.8 Å². The van der Waals surface area contributed by atoms with E-state index >= 15 is 0 Å². The Morgan fingerprint density at radius 2 is 1.90 bits per heavy atom. The van der Waals surface area contributed by atoms with Crippen LogP contribution in [0.5, 0.6) is 5.88 Å². The molecule has 0 spiro atoms. The molecule has 11 heteroatoms. The number of alkyl halides is 3. The van der Waals surface area contributed by atoms with Gasteiger partial charge in [-0.1, -0.05) is 6.92 Å². The van der Waals surface area contributed by atoms with E-state index in [1.54, 1.807) is 26.8 Å². The van der Waals surface area contributed by atoms with Crippen molar-refractivity contribution >= 4 is 17.8 Å². The normalized spacial score (nSPS) is 11.1. The van der Waals surface area contributed by atoms with Crippen LogP contribution in [0.1, 0.15) is 40.7 Å². The van der Waals surface area contributed by atoms with Crippen LogP contribution in [0.25, 0.3) is 0 Å². The van der Waals surface area contributed by atoms with Crippen LogP contribution in [0.4, 0.5) is 19.1 Å². The minimum Gasteiger partial charge on any atom is -0.468 e. The predicted octanol–water partition coefficient (Wildman–Crippen LogP) is 2.71. The summed E-state index contributed by atoms with van der Waals surface area (Å²) in [7, 11) is 0. The third-order valence-electron chi connectivity index (χ3n) is 3.57. The van der Waals surface area contributed by atoms with Gasteiger partial charge in [-0.2, -0.15) is 13.2 Å². The van der Waals surface area contributed by atoms with Gasteiger partial charge < -0.3 is 10.1 Å². The number of rotatable bonds is 7. The van der Waals surface area contributed by atoms with Crippen molar-refractivity contribution in [2.24, 2.45) is 0 Å². The molecule has 156 valence electrons. The van der Waals surface area contributed by atoms with Crippen molar-refractivity contribution in [1.82, 2.24) is 20.3 Å². The summed E-state index contributed by atoms with van der Waals surface area (Å²) in [5.74, 6) is -0.875. The minimum atomic E-state index is -4.45. The van der Waals surface area contributed by atoms with Crippen LogP contribution >= 0.6 is 0 Å². The van der Waals surface area contributed by atoms with Gasteiger partial charge in [0.05, 0.1) is 0 Å². The molecule has 0 fully saturated rings. The summed E-state index contributed by atoms with van der Waals surface area (Å²) in [6.07, 6.45) is -2.89. The smallest absolute Gasteiger partial charge is 0.422 e. The van der Waals surface area contributed by atoms with E-state index in [1.807, 2.05) is 0 Å². The molecule has 0 saturated carbocycles. The second kappa shape index (κ2) is 9.30. The lowest BCUT2D eigenvalue weighted by Gasteiger charge is -2.12. The Morgan fingerprint density at radius 3 is 2.52 bits per heavy atom. The summed E-state index contributed by atoms with van der Waals surface area (Å²) in [4.78, 5) is 35.8. The SMILES string of the molecule is CCC(=O)Nc1nc(C)cc(C(=O)NCc2cnc(OCC(F)(F)F)c(C)c2)n1. The zero-order valence-electron chi connectivity index (χ0n) is 16.1. The highest BCUT2D eigenvalue weighted by atomic mass is 19.4. The number of hydrogen-bond donors (Lipinski definition) is 2. The van der Waals surface area contributed by atoms with Crippen LogP contribution in [-0.2, 0) is 11.3 Å². The van der Waals surface area contributed by atoms with E-state index in [-0.39, 0.29) is 36.4 Å². The van der Waals surface area contributed by atoms with Gasteiger partial charge in [-0.25, -0.2) is 15.0 Å². The maximum Gasteiger partial charge on any atom is 0.422 e. The molecule has 29 heavy (non-hydrogen) atoms. The molecule has 0 aliphatic rings. The number of anilines is 1. The highest BCUT2D eigenvalue weighted by Crippen LogP contribution is 2.20. The highest BCUT2D eigenvalue weighted by molar-refractivity contribution is 5.93. The maximum absolute atomic E-state index is 12.4. The summed E-state index contributed by atoms with van der Waals surface area (Å²) < 4.78 is 41.4. The summed E-state index contributed by atoms with van der Waals surface area (Å²) in [6.45, 7) is 3.54. The number of amides is 2. The second-order valence-corrected chi connectivity index (χ2v) is 6.17. The molecule has 0 aromatic carbocycles. The van der Waals surface area contributed by atoms with Crippen LogP contribution in [0.3, 0.4) is 0 Å². The van der Waals surface area contributed by atoms with E-state index in [2.05, 4.69) is 30.3 Å². The van der Waals surface area contributed by atoms with Gasteiger partial charge in [0.15, 0.2) is 6.61 Å². The molecular formula is C18H20F3N5O3. The van der Waals surface area contributed by atoms with Crippen molar-refractivity contribution in [2.45, 2.75) is 39.9 Å². The van der Waals surface area contributed by atoms with E-state index in [0.717, 1.165) is 0 Å².